The van der Waals surface area contributed by atoms with E-state index in [0.717, 1.165) is 19.3 Å². The fourth-order valence-corrected chi connectivity index (χ4v) is 5.62. The van der Waals surface area contributed by atoms with Crippen LogP contribution >= 0.6 is 0 Å². The molecule has 1 heterocycles. The van der Waals surface area contributed by atoms with Crippen LogP contribution in [0.25, 0.3) is 0 Å². The Labute approximate surface area is 193 Å². The number of benzene rings is 2. The van der Waals surface area contributed by atoms with E-state index in [0.29, 0.717) is 18.7 Å². The van der Waals surface area contributed by atoms with Gasteiger partial charge in [0.05, 0.1) is 10.5 Å². The molecule has 174 valence electrons. The van der Waals surface area contributed by atoms with Crippen LogP contribution in [0, 0.1) is 0 Å². The summed E-state index contributed by atoms with van der Waals surface area (Å²) in [5, 5.41) is 0. The maximum absolute atomic E-state index is 12.9. The van der Waals surface area contributed by atoms with Gasteiger partial charge in [0, 0.05) is 38.7 Å². The number of Topliss-reactive ketones (excluding diaryl/α,β-unsaturated/α-hetero) is 1. The van der Waals surface area contributed by atoms with Crippen LogP contribution in [0.2, 0.25) is 0 Å². The number of carbonyl (C=O) groups excluding carboxylic acids is 3. The molecule has 9 heteroatoms. The fraction of sp³-hybridized carbons (Fsp3) is 0.375. The first-order chi connectivity index (χ1) is 15.8. The Hall–Kier alpha value is -3.04. The molecule has 0 unspecified atom stereocenters. The number of ether oxygens (including phenoxy) is 1. The van der Waals surface area contributed by atoms with Gasteiger partial charge in [-0.05, 0) is 60.7 Å². The van der Waals surface area contributed by atoms with Crippen molar-refractivity contribution in [3.05, 3.63) is 64.7 Å². The molecule has 4 rings (SSSR count). The fourth-order valence-electron chi connectivity index (χ4n) is 4.20. The summed E-state index contributed by atoms with van der Waals surface area (Å²) in [6.07, 6.45) is 3.07. The molecule has 2 aromatic carbocycles. The second kappa shape index (κ2) is 9.44. The lowest BCUT2D eigenvalue weighted by atomic mass is 10.0. The number of hydrogen-bond donors (Lipinski definition) is 0. The van der Waals surface area contributed by atoms with Gasteiger partial charge >= 0.3 is 5.97 Å². The summed E-state index contributed by atoms with van der Waals surface area (Å²) < 4.78 is 32.2. The lowest BCUT2D eigenvalue weighted by molar-refractivity contribution is -0.129. The maximum Gasteiger partial charge on any atom is 0.338 e. The summed E-state index contributed by atoms with van der Waals surface area (Å²) in [5.74, 6) is -1.05. The zero-order valence-electron chi connectivity index (χ0n) is 18.5. The Morgan fingerprint density at radius 1 is 0.879 bits per heavy atom. The molecule has 1 aliphatic heterocycles. The van der Waals surface area contributed by atoms with Gasteiger partial charge < -0.3 is 9.64 Å². The van der Waals surface area contributed by atoms with E-state index in [9.17, 15) is 22.8 Å². The highest BCUT2D eigenvalue weighted by Gasteiger charge is 2.29. The highest BCUT2D eigenvalue weighted by atomic mass is 32.2. The van der Waals surface area contributed by atoms with Crippen molar-refractivity contribution in [1.29, 1.82) is 0 Å². The highest BCUT2D eigenvalue weighted by Crippen LogP contribution is 2.23. The summed E-state index contributed by atoms with van der Waals surface area (Å²) in [4.78, 5) is 37.9. The quantitative estimate of drug-likeness (QED) is 0.473. The number of esters is 1. The van der Waals surface area contributed by atoms with Crippen LogP contribution in [0.3, 0.4) is 0 Å². The zero-order chi connectivity index (χ0) is 23.6. The van der Waals surface area contributed by atoms with Gasteiger partial charge in [0.1, 0.15) is 0 Å². The molecule has 2 aromatic rings. The molecule has 0 atom stereocenters. The van der Waals surface area contributed by atoms with Crippen molar-refractivity contribution in [3.8, 4) is 0 Å². The highest BCUT2D eigenvalue weighted by molar-refractivity contribution is 7.89. The van der Waals surface area contributed by atoms with Gasteiger partial charge in [0.15, 0.2) is 12.4 Å². The second-order valence-corrected chi connectivity index (χ2v) is 10.2. The first-order valence-corrected chi connectivity index (χ1v) is 12.4. The summed E-state index contributed by atoms with van der Waals surface area (Å²) in [5.41, 5.74) is 3.12. The molecule has 1 fully saturated rings. The van der Waals surface area contributed by atoms with Crippen LogP contribution in [0.1, 0.15) is 45.2 Å². The van der Waals surface area contributed by atoms with E-state index in [2.05, 4.69) is 0 Å². The normalized spacial score (nSPS) is 16.3. The first-order valence-electron chi connectivity index (χ1n) is 10.9. The number of hydrogen-bond acceptors (Lipinski definition) is 6. The van der Waals surface area contributed by atoms with Gasteiger partial charge in [-0.15, -0.1) is 0 Å². The molecule has 0 radical (unpaired) electrons. The van der Waals surface area contributed by atoms with Gasteiger partial charge in [-0.2, -0.15) is 4.31 Å². The summed E-state index contributed by atoms with van der Waals surface area (Å²) >= 11 is 0. The van der Waals surface area contributed by atoms with Gasteiger partial charge in [-0.25, -0.2) is 13.2 Å². The van der Waals surface area contributed by atoms with Crippen molar-refractivity contribution in [3.63, 3.8) is 0 Å². The molecule has 1 amide bonds. The maximum atomic E-state index is 12.9. The average molecular weight is 471 g/mol. The molecule has 2 aliphatic rings. The van der Waals surface area contributed by atoms with E-state index < -0.39 is 16.0 Å². The lowest BCUT2D eigenvalue weighted by Crippen LogP contribution is -2.49. The summed E-state index contributed by atoms with van der Waals surface area (Å²) in [6.45, 7) is 2.21. The van der Waals surface area contributed by atoms with E-state index in [-0.39, 0.29) is 41.8 Å². The largest absolute Gasteiger partial charge is 0.454 e. The van der Waals surface area contributed by atoms with Crippen LogP contribution in [0.4, 0.5) is 0 Å². The number of rotatable bonds is 6. The predicted octanol–water partition coefficient (Wildman–Crippen LogP) is 2.07. The smallest absolute Gasteiger partial charge is 0.338 e. The van der Waals surface area contributed by atoms with Gasteiger partial charge in [0.25, 0.3) is 0 Å². The molecule has 1 saturated heterocycles. The van der Waals surface area contributed by atoms with Crippen molar-refractivity contribution >= 4 is 27.7 Å². The van der Waals surface area contributed by atoms with E-state index in [1.165, 1.54) is 46.6 Å². The van der Waals surface area contributed by atoms with E-state index in [1.54, 1.807) is 11.0 Å². The molecule has 0 bridgehead atoms. The number of carbonyl (C=O) groups is 3. The monoisotopic (exact) mass is 470 g/mol. The van der Waals surface area contributed by atoms with Crippen LogP contribution < -0.4 is 0 Å². The molecular formula is C24H26N2O6S. The minimum atomic E-state index is -3.73. The predicted molar refractivity (Wildman–Crippen MR) is 121 cm³/mol. The number of sulfonamides is 1. The number of ketones is 1. The molecule has 1 aliphatic carbocycles. The topological polar surface area (TPSA) is 101 Å². The first kappa shape index (κ1) is 23.1. The lowest BCUT2D eigenvalue weighted by Gasteiger charge is -2.33. The van der Waals surface area contributed by atoms with Crippen molar-refractivity contribution < 1.29 is 27.5 Å². The number of amides is 1. The average Bonchev–Trinajstić information content (AvgIpc) is 3.30. The van der Waals surface area contributed by atoms with Crippen LogP contribution in [-0.4, -0.2) is 68.1 Å². The standard InChI is InChI=1S/C24H26N2O6S/c1-17(27)25-11-13-26(14-12-25)33(30,31)22-9-7-19(8-10-22)24(29)32-16-23(28)21-6-5-18-3-2-4-20(18)15-21/h5-10,15H,2-4,11-14,16H2,1H3. The molecule has 33 heavy (non-hydrogen) atoms. The summed E-state index contributed by atoms with van der Waals surface area (Å²) in [7, 11) is -3.73. The molecule has 0 N–H and O–H groups in total. The van der Waals surface area contributed by atoms with Crippen molar-refractivity contribution in [2.75, 3.05) is 32.8 Å². The Morgan fingerprint density at radius 2 is 1.52 bits per heavy atom. The molecule has 0 aromatic heterocycles. The van der Waals surface area contributed by atoms with Crippen LogP contribution in [0.15, 0.2) is 47.4 Å². The Balaban J connectivity index is 1.35. The third-order valence-electron chi connectivity index (χ3n) is 6.17. The summed E-state index contributed by atoms with van der Waals surface area (Å²) in [6, 6.07) is 11.0. The molecule has 8 nitrogen and oxygen atoms in total. The minimum absolute atomic E-state index is 0.0598. The van der Waals surface area contributed by atoms with Crippen molar-refractivity contribution in [1.82, 2.24) is 9.21 Å². The van der Waals surface area contributed by atoms with Gasteiger partial charge in [-0.1, -0.05) is 12.1 Å². The Kier molecular flexibility index (Phi) is 6.62. The SMILES string of the molecule is CC(=O)N1CCN(S(=O)(=O)c2ccc(C(=O)OCC(=O)c3ccc4c(c3)CCC4)cc2)CC1. The third-order valence-corrected chi connectivity index (χ3v) is 8.08. The second-order valence-electron chi connectivity index (χ2n) is 8.27. The Bertz CT molecular complexity index is 1180. The number of aryl methyl sites for hydroxylation is 2. The van der Waals surface area contributed by atoms with Crippen molar-refractivity contribution in [2.45, 2.75) is 31.1 Å². The zero-order valence-corrected chi connectivity index (χ0v) is 19.3. The number of piperazine rings is 1. The van der Waals surface area contributed by atoms with E-state index in [1.807, 2.05) is 12.1 Å². The number of fused-ring (bicyclic) bond motifs is 1. The number of nitrogens with zero attached hydrogens (tertiary/aromatic N) is 2. The Morgan fingerprint density at radius 3 is 2.18 bits per heavy atom. The van der Waals surface area contributed by atoms with Gasteiger partial charge in [-0.3, -0.25) is 9.59 Å². The van der Waals surface area contributed by atoms with Crippen molar-refractivity contribution in [2.24, 2.45) is 0 Å². The van der Waals surface area contributed by atoms with E-state index in [4.69, 9.17) is 4.74 Å². The minimum Gasteiger partial charge on any atom is -0.454 e. The third kappa shape index (κ3) is 4.99. The molecule has 0 spiro atoms. The van der Waals surface area contributed by atoms with Crippen LogP contribution in [0.5, 0.6) is 0 Å². The van der Waals surface area contributed by atoms with E-state index >= 15 is 0 Å². The molecular weight excluding hydrogens is 444 g/mol. The van der Waals surface area contributed by atoms with Crippen LogP contribution in [-0.2, 0) is 32.4 Å². The molecule has 0 saturated carbocycles. The van der Waals surface area contributed by atoms with Gasteiger partial charge in [0.2, 0.25) is 15.9 Å².